The van der Waals surface area contributed by atoms with Crippen molar-refractivity contribution in [1.82, 2.24) is 44.7 Å². The van der Waals surface area contributed by atoms with Crippen LogP contribution in [-0.2, 0) is 90.8 Å². The third-order valence-electron chi connectivity index (χ3n) is 27.8. The Balaban J connectivity index is 0.000000278. The number of likely N-dealkylation sites (tertiary alicyclic amines) is 5. The van der Waals surface area contributed by atoms with Crippen LogP contribution in [0.5, 0.6) is 17.2 Å². The number of imide groups is 1. The lowest BCUT2D eigenvalue weighted by Crippen LogP contribution is -2.53. The van der Waals surface area contributed by atoms with Crippen LogP contribution in [0.15, 0.2) is 72.8 Å². The topological polar surface area (TPSA) is 357 Å². The second kappa shape index (κ2) is 65.3. The summed E-state index contributed by atoms with van der Waals surface area (Å²) < 4.78 is 44.0. The van der Waals surface area contributed by atoms with Gasteiger partial charge in [-0.1, -0.05) is 177 Å². The zero-order chi connectivity index (χ0) is 99.8. The number of likely N-dealkylation sites (N-methyl/N-ethyl adjacent to an activating group) is 3. The van der Waals surface area contributed by atoms with Crippen LogP contribution in [0.3, 0.4) is 0 Å². The predicted molar refractivity (Wildman–Crippen MR) is 551 cm³/mol. The number of aliphatic hydroxyl groups excluding tert-OH is 1. The Kier molecular flexibility index (Phi) is 57.0. The Morgan fingerprint density at radius 2 is 0.824 bits per heavy atom. The van der Waals surface area contributed by atoms with E-state index in [1.165, 1.54) is 282 Å². The number of carboxylic acid groups (broad SMARTS) is 1. The van der Waals surface area contributed by atoms with E-state index in [0.29, 0.717) is 82.5 Å². The van der Waals surface area contributed by atoms with Gasteiger partial charge in [-0.3, -0.25) is 52.7 Å². The number of benzene rings is 4. The molecule has 13 fully saturated rings. The van der Waals surface area contributed by atoms with Gasteiger partial charge in [0.05, 0.1) is 71.4 Å². The molecule has 7 saturated heterocycles. The van der Waals surface area contributed by atoms with Gasteiger partial charge in [0.2, 0.25) is 11.8 Å². The average Bonchev–Trinajstić information content (AvgIpc) is 1.64. The first kappa shape index (κ1) is 119. The van der Waals surface area contributed by atoms with E-state index in [1.54, 1.807) is 18.2 Å². The van der Waals surface area contributed by atoms with E-state index in [2.05, 4.69) is 77.4 Å². The molecule has 4 aromatic rings. The smallest absolute Gasteiger partial charge is 0.337 e. The number of terminal acetylenes is 1. The number of hydrogen-bond donors (Lipinski definition) is 8. The number of carbonyl (C=O) groups is 6. The van der Waals surface area contributed by atoms with Crippen LogP contribution in [0, 0.1) is 24.5 Å². The van der Waals surface area contributed by atoms with E-state index in [9.17, 15) is 52.5 Å². The number of aromatic hydroxyl groups is 3. The number of epoxide rings is 1. The molecule has 12 atom stereocenters. The van der Waals surface area contributed by atoms with Gasteiger partial charge in [-0.2, -0.15) is 8.42 Å². The SMILES string of the molecule is C.C1CCC2OC2C1.CBr.CN.CN(C(=O)Cc1ccc(O)c(Cl)c1)C1CCCC[C@H]1N1CCCC1.CN[C@@H]1CCCC[C@H]1N1CCCC1.CS(=O)(=O)O[C@@H]1CCCC[C@H]1N1CCCC1.Cc1ccc(CC(=O)N(C)C2CCCC[C@H]2N2CCCC2)cc1Cl.N=S.O=C(Cc1ccc(O)c(Cl)c1)ON1C(=O)CCC1=O.O=C(O)Cc1ccc(O)c(Cl)c1.O[C@@H]1CCCC[C@H]1N1CCCC1.[2H]C#C. The molecule has 4 unspecified atom stereocenters. The average molecular weight is 2080 g/mol. The number of hydrogen-bond acceptors (Lipinski definition) is 24. The predicted octanol–water partition coefficient (Wildman–Crippen LogP) is 17.8. The Morgan fingerprint density at radius 3 is 1.20 bits per heavy atom. The fourth-order valence-corrected chi connectivity index (χ4v) is 22.2. The maximum Gasteiger partial charge on any atom is 0.337 e. The van der Waals surface area contributed by atoms with Crippen LogP contribution in [-0.4, -0.2) is 287 Å². The number of phenolic OH excluding ortho intramolecular Hbond substituents is 3. The van der Waals surface area contributed by atoms with Gasteiger partial charge in [0.15, 0.2) is 0 Å². The number of halogens is 5. The molecule has 7 heterocycles. The second-order valence-electron chi connectivity index (χ2n) is 37.0. The van der Waals surface area contributed by atoms with Crippen LogP contribution < -0.4 is 11.1 Å². The standard InChI is InChI=1S/C20H29ClN2O.C19H27ClN2O2.C12H10ClNO5.C11H22N2.C11H21NO3S.C10H19NO.C8H7ClO3.C6H10O.C2H2.CH3Br.CH5N.CH4.HNS/c1-15-9-10-16(13-17(15)21)14-20(24)22(2)18-7-3-4-8-19(18)23-11-5-6-12-23;1-21(19(24)13-14-8-9-18(23)15(20)12-14)16-6-2-3-7-17(16)22-10-4-5-11-22;13-8-5-7(1-2-9(8)15)6-12(18)19-14-10(16)3-4-11(14)17;1-12-10-6-2-3-7-11(10)13-8-4-5-9-13;1-16(13,14)15-11-7-3-2-6-10(11)12-8-4-5-9-12;12-10-6-2-1-5-9(10)11-7-3-4-8-11;9-6-3-5(4-8(11)12)1-2-7(6)10;1-2-4-6-5(3-1)7-6;3*1-2;;1-2/h9-10,13,18-19H,3-8,11-12,14H2,1-2H3;8-9,12,16-17,23H,2-7,10-11,13H2,1H3;1-2,5,15H,3-4,6H2;10-12H,2-9H2,1H3;10-11H,2-9H2,1H3;9-10,12H,1-8H2;1-3,10H,4H2,(H,11,12);5-6H,1-4H2;1-2H;1H3;2H2,1H3;1H4;1H/t18?,19-;16?,17-;;2*10-,11-;9-,10-;;;;;;;/m11.111......./s1/i;;;;;;;;1D;;;;. The lowest BCUT2D eigenvalue weighted by molar-refractivity contribution is -0.197. The summed E-state index contributed by atoms with van der Waals surface area (Å²) in [5.74, 6) is -0.630. The third kappa shape index (κ3) is 40.8. The lowest BCUT2D eigenvalue weighted by atomic mass is 9.88. The molecule has 136 heavy (non-hydrogen) atoms. The van der Waals surface area contributed by atoms with E-state index < -0.39 is 33.9 Å². The van der Waals surface area contributed by atoms with Crippen molar-refractivity contribution in [2.24, 2.45) is 5.73 Å². The first-order chi connectivity index (χ1) is 65.4. The summed E-state index contributed by atoms with van der Waals surface area (Å²) in [6.07, 6.45) is 51.9. The maximum atomic E-state index is 12.8. The number of aliphatic carboxylic acids is 1. The van der Waals surface area contributed by atoms with Crippen LogP contribution in [0.1, 0.15) is 268 Å². The minimum Gasteiger partial charge on any atom is -0.506 e. The van der Waals surface area contributed by atoms with E-state index in [1.807, 2.05) is 54.9 Å². The highest BCUT2D eigenvalue weighted by atomic mass is 79.9. The number of alkyl halides is 1. The van der Waals surface area contributed by atoms with Crippen LogP contribution in [0.25, 0.3) is 0 Å². The number of hydroxylamine groups is 2. The number of aryl methyl sites for hydroxylation is 1. The Hall–Kier alpha value is -5.93. The molecule has 4 amide bonds. The van der Waals surface area contributed by atoms with Crippen molar-refractivity contribution < 1.29 is 77.8 Å². The van der Waals surface area contributed by atoms with Crippen molar-refractivity contribution in [2.45, 2.75) is 344 Å². The van der Waals surface area contributed by atoms with Crippen molar-refractivity contribution >= 4 is 120 Å². The molecule has 6 saturated carbocycles. The normalized spacial score (nSPS) is 25.2. The first-order valence-electron chi connectivity index (χ1n) is 49.5. The third-order valence-corrected chi connectivity index (χ3v) is 29.7. The second-order valence-corrected chi connectivity index (χ2v) is 40.2. The molecule has 0 radical (unpaired) electrons. The summed E-state index contributed by atoms with van der Waals surface area (Å²) >= 11 is 29.7. The molecule has 6 aliphatic carbocycles. The molecule has 7 aliphatic heterocycles. The summed E-state index contributed by atoms with van der Waals surface area (Å²) in [6, 6.07) is 23.7. The number of carboxylic acids is 1. The number of phenols is 3. The van der Waals surface area contributed by atoms with Gasteiger partial charge < -0.3 is 56.0 Å². The minimum absolute atomic E-state index is 0. The van der Waals surface area contributed by atoms with Crippen molar-refractivity contribution in [2.75, 3.05) is 106 Å². The van der Waals surface area contributed by atoms with Crippen molar-refractivity contribution in [3.8, 4) is 30.1 Å². The van der Waals surface area contributed by atoms with Crippen LogP contribution in [0.4, 0.5) is 0 Å². The highest BCUT2D eigenvalue weighted by Gasteiger charge is 2.42. The number of nitrogens with one attached hydrogen (secondary N) is 2. The van der Waals surface area contributed by atoms with Gasteiger partial charge in [0, 0.05) is 92.7 Å². The fourth-order valence-electron chi connectivity index (χ4n) is 20.7. The van der Waals surface area contributed by atoms with Crippen molar-refractivity contribution in [1.29, 1.82) is 4.78 Å². The first-order valence-corrected chi connectivity index (χ1v) is 54.3. The number of carbonyl (C=O) groups excluding carboxylic acids is 5. The summed E-state index contributed by atoms with van der Waals surface area (Å²) in [7, 11) is 4.26. The molecule has 4 aromatic carbocycles. The van der Waals surface area contributed by atoms with Gasteiger partial charge in [-0.15, -0.1) is 17.9 Å². The summed E-state index contributed by atoms with van der Waals surface area (Å²) in [6.45, 7) is 14.1. The van der Waals surface area contributed by atoms with E-state index in [0.717, 1.165) is 91.7 Å². The number of nitrogens with zero attached hydrogens (tertiary/aromatic N) is 8. The molecule has 34 heteroatoms. The number of nitrogens with two attached hydrogens (primary N) is 1. The van der Waals surface area contributed by atoms with E-state index in [4.69, 9.17) is 76.5 Å². The quantitative estimate of drug-likeness (QED) is 0.0142. The number of aliphatic hydroxyl groups is 1. The summed E-state index contributed by atoms with van der Waals surface area (Å²) in [5, 5.41) is 51.3. The molecule has 766 valence electrons. The van der Waals surface area contributed by atoms with E-state index in [-0.39, 0.29) is 84.4 Å². The molecule has 0 bridgehead atoms. The zero-order valence-corrected chi connectivity index (χ0v) is 87.1. The van der Waals surface area contributed by atoms with Crippen LogP contribution >= 0.6 is 62.3 Å². The highest BCUT2D eigenvalue weighted by Crippen LogP contribution is 2.38. The molecular formula is C102H160BrCl4N11O16S2. The maximum absolute atomic E-state index is 12.8. The van der Waals surface area contributed by atoms with Gasteiger partial charge in [-0.05, 0) is 304 Å². The van der Waals surface area contributed by atoms with Gasteiger partial charge in [0.1, 0.15) is 18.6 Å². The number of rotatable bonds is 19. The number of fused-ring (bicyclic) bond motifs is 1. The Morgan fingerprint density at radius 1 is 0.507 bits per heavy atom. The highest BCUT2D eigenvalue weighted by molar-refractivity contribution is 9.08. The van der Waals surface area contributed by atoms with Crippen molar-refractivity contribution in [3.63, 3.8) is 0 Å². The van der Waals surface area contributed by atoms with Gasteiger partial charge >= 0.3 is 11.9 Å². The summed E-state index contributed by atoms with van der Waals surface area (Å²) in [4.78, 5) is 91.4. The molecular weight excluding hydrogens is 1920 g/mol. The van der Waals surface area contributed by atoms with Gasteiger partial charge in [-0.25, -0.2) is 9.57 Å². The molecule has 17 rings (SSSR count). The molecule has 13 aliphatic rings. The molecule has 0 spiro atoms. The zero-order valence-electron chi connectivity index (χ0n) is 81.9. The monoisotopic (exact) mass is 2080 g/mol. The van der Waals surface area contributed by atoms with Crippen molar-refractivity contribution in [3.05, 3.63) is 121 Å². The van der Waals surface area contributed by atoms with Crippen LogP contribution in [0.2, 0.25) is 20.1 Å². The Bertz CT molecular complexity index is 4270. The molecule has 0 aromatic heterocycles. The van der Waals surface area contributed by atoms with Gasteiger partial charge in [0.25, 0.3) is 21.9 Å². The molecule has 9 N–H and O–H groups in total. The molecule has 27 nitrogen and oxygen atoms in total. The summed E-state index contributed by atoms with van der Waals surface area (Å²) in [5.41, 5.74) is 8.50. The fraction of sp³-hybridized carbons (Fsp3) is 0.686. The van der Waals surface area contributed by atoms with E-state index >= 15 is 0 Å². The number of amides is 4. The minimum atomic E-state index is -3.31. The largest absolute Gasteiger partial charge is 0.506 e. The number of ether oxygens (including phenoxy) is 1. The lowest BCUT2D eigenvalue weighted by Gasteiger charge is -2.42. The Labute approximate surface area is 847 Å².